The Morgan fingerprint density at radius 3 is 2.65 bits per heavy atom. The summed E-state index contributed by atoms with van der Waals surface area (Å²) in [7, 11) is 0. The molecule has 3 unspecified atom stereocenters. The predicted octanol–water partition coefficient (Wildman–Crippen LogP) is 2.77. The molecule has 2 N–H and O–H groups in total. The highest BCUT2D eigenvalue weighted by molar-refractivity contribution is 5.68. The number of carbonyl (C=O) groups is 1. The monoisotopic (exact) mass is 326 g/mol. The number of hydrogen-bond acceptors (Lipinski definition) is 4. The lowest BCUT2D eigenvalue weighted by atomic mass is 9.84. The minimum atomic E-state index is -0.432. The van der Waals surface area contributed by atoms with Crippen molar-refractivity contribution in [2.45, 2.75) is 70.9 Å². The molecule has 5 heteroatoms. The predicted molar refractivity (Wildman–Crippen MR) is 91.4 cm³/mol. The Kier molecular flexibility index (Phi) is 6.72. The number of rotatable bonds is 4. The first-order valence-electron chi connectivity index (χ1n) is 9.21. The Hall–Kier alpha value is -0.810. The first-order valence-corrected chi connectivity index (χ1v) is 9.21. The zero-order valence-electron chi connectivity index (χ0n) is 15.0. The minimum Gasteiger partial charge on any atom is -0.444 e. The Bertz CT molecular complexity index is 381. The van der Waals surface area contributed by atoms with Gasteiger partial charge >= 0.3 is 6.09 Å². The normalized spacial score (nSPS) is 29.4. The van der Waals surface area contributed by atoms with E-state index in [9.17, 15) is 9.90 Å². The van der Waals surface area contributed by atoms with Crippen LogP contribution in [0.2, 0.25) is 0 Å². The maximum Gasteiger partial charge on any atom is 0.410 e. The van der Waals surface area contributed by atoms with E-state index >= 15 is 0 Å². The van der Waals surface area contributed by atoms with Gasteiger partial charge in [-0.05, 0) is 64.8 Å². The molecule has 0 radical (unpaired) electrons. The molecule has 1 amide bonds. The lowest BCUT2D eigenvalue weighted by Gasteiger charge is -2.36. The average Bonchev–Trinajstić information content (AvgIpc) is 2.52. The van der Waals surface area contributed by atoms with E-state index in [0.717, 1.165) is 45.3 Å². The second-order valence-corrected chi connectivity index (χ2v) is 8.18. The second-order valence-electron chi connectivity index (χ2n) is 8.18. The van der Waals surface area contributed by atoms with Crippen LogP contribution in [-0.4, -0.2) is 54.0 Å². The summed E-state index contributed by atoms with van der Waals surface area (Å²) in [6, 6.07) is 0.436. The van der Waals surface area contributed by atoms with Crippen LogP contribution >= 0.6 is 0 Å². The van der Waals surface area contributed by atoms with Gasteiger partial charge in [-0.25, -0.2) is 4.79 Å². The SMILES string of the molecule is CC(C)(C)OC(=O)N1CCCC(CNC2CCCCC2CO)C1. The molecule has 0 aromatic rings. The summed E-state index contributed by atoms with van der Waals surface area (Å²) in [5.74, 6) is 0.881. The van der Waals surface area contributed by atoms with Crippen LogP contribution in [0.15, 0.2) is 0 Å². The molecule has 0 bridgehead atoms. The van der Waals surface area contributed by atoms with Crippen LogP contribution in [0, 0.1) is 11.8 Å². The topological polar surface area (TPSA) is 61.8 Å². The molecule has 23 heavy (non-hydrogen) atoms. The zero-order chi connectivity index (χ0) is 16.9. The van der Waals surface area contributed by atoms with Gasteiger partial charge in [-0.2, -0.15) is 0 Å². The van der Waals surface area contributed by atoms with Crippen molar-refractivity contribution in [3.63, 3.8) is 0 Å². The van der Waals surface area contributed by atoms with Gasteiger partial charge in [0.25, 0.3) is 0 Å². The maximum absolute atomic E-state index is 12.2. The molecular weight excluding hydrogens is 292 g/mol. The van der Waals surface area contributed by atoms with E-state index in [1.54, 1.807) is 0 Å². The van der Waals surface area contributed by atoms with Crippen molar-refractivity contribution in [3.8, 4) is 0 Å². The van der Waals surface area contributed by atoms with Crippen molar-refractivity contribution in [3.05, 3.63) is 0 Å². The van der Waals surface area contributed by atoms with Crippen LogP contribution in [0.25, 0.3) is 0 Å². The number of hydrogen-bond donors (Lipinski definition) is 2. The van der Waals surface area contributed by atoms with E-state index in [2.05, 4.69) is 5.32 Å². The number of ether oxygens (including phenoxy) is 1. The van der Waals surface area contributed by atoms with Crippen molar-refractivity contribution < 1.29 is 14.6 Å². The van der Waals surface area contributed by atoms with Gasteiger partial charge in [-0.15, -0.1) is 0 Å². The van der Waals surface area contributed by atoms with E-state index in [1.807, 2.05) is 25.7 Å². The Morgan fingerprint density at radius 2 is 1.96 bits per heavy atom. The Balaban J connectivity index is 1.78. The number of nitrogens with zero attached hydrogens (tertiary/aromatic N) is 1. The van der Waals surface area contributed by atoms with Gasteiger partial charge in [0, 0.05) is 25.7 Å². The van der Waals surface area contributed by atoms with E-state index in [1.165, 1.54) is 12.8 Å². The highest BCUT2D eigenvalue weighted by Crippen LogP contribution is 2.25. The van der Waals surface area contributed by atoms with Gasteiger partial charge in [0.2, 0.25) is 0 Å². The first-order chi connectivity index (χ1) is 10.9. The van der Waals surface area contributed by atoms with Crippen molar-refractivity contribution in [1.82, 2.24) is 10.2 Å². The lowest BCUT2D eigenvalue weighted by molar-refractivity contribution is 0.0162. The average molecular weight is 326 g/mol. The van der Waals surface area contributed by atoms with Crippen LogP contribution in [0.3, 0.4) is 0 Å². The fourth-order valence-corrected chi connectivity index (χ4v) is 3.74. The van der Waals surface area contributed by atoms with E-state index in [0.29, 0.717) is 17.9 Å². The molecule has 2 fully saturated rings. The number of aliphatic hydroxyl groups is 1. The van der Waals surface area contributed by atoms with Crippen molar-refractivity contribution >= 4 is 6.09 Å². The number of nitrogens with one attached hydrogen (secondary N) is 1. The Morgan fingerprint density at radius 1 is 1.22 bits per heavy atom. The van der Waals surface area contributed by atoms with Crippen LogP contribution in [0.5, 0.6) is 0 Å². The fraction of sp³-hybridized carbons (Fsp3) is 0.944. The third-order valence-corrected chi connectivity index (χ3v) is 4.98. The number of aliphatic hydroxyl groups excluding tert-OH is 1. The summed E-state index contributed by atoms with van der Waals surface area (Å²) < 4.78 is 5.49. The smallest absolute Gasteiger partial charge is 0.410 e. The molecule has 2 aliphatic rings. The fourth-order valence-electron chi connectivity index (χ4n) is 3.74. The lowest BCUT2D eigenvalue weighted by Crippen LogP contribution is -2.48. The maximum atomic E-state index is 12.2. The number of piperidine rings is 1. The number of likely N-dealkylation sites (tertiary alicyclic amines) is 1. The van der Waals surface area contributed by atoms with E-state index in [4.69, 9.17) is 4.74 Å². The molecule has 134 valence electrons. The molecule has 0 spiro atoms. The van der Waals surface area contributed by atoms with Gasteiger partial charge < -0.3 is 20.1 Å². The molecule has 1 heterocycles. The highest BCUT2D eigenvalue weighted by Gasteiger charge is 2.29. The van der Waals surface area contributed by atoms with Crippen molar-refractivity contribution in [2.75, 3.05) is 26.2 Å². The molecule has 1 aliphatic carbocycles. The quantitative estimate of drug-likeness (QED) is 0.834. The molecule has 5 nitrogen and oxygen atoms in total. The highest BCUT2D eigenvalue weighted by atomic mass is 16.6. The Labute approximate surface area is 140 Å². The van der Waals surface area contributed by atoms with E-state index in [-0.39, 0.29) is 12.7 Å². The largest absolute Gasteiger partial charge is 0.444 e. The van der Waals surface area contributed by atoms with Crippen LogP contribution in [0.4, 0.5) is 4.79 Å². The molecular formula is C18H34N2O3. The third-order valence-electron chi connectivity index (χ3n) is 4.98. The molecule has 3 atom stereocenters. The van der Waals surface area contributed by atoms with Crippen LogP contribution in [0.1, 0.15) is 59.3 Å². The first kappa shape index (κ1) is 18.5. The molecule has 1 saturated carbocycles. The summed E-state index contributed by atoms with van der Waals surface area (Å²) in [5, 5.41) is 13.2. The third kappa shape index (κ3) is 5.96. The summed E-state index contributed by atoms with van der Waals surface area (Å²) in [6.07, 6.45) is 6.79. The molecule has 0 aromatic carbocycles. The molecule has 1 saturated heterocycles. The van der Waals surface area contributed by atoms with E-state index < -0.39 is 5.60 Å². The molecule has 2 rings (SSSR count). The van der Waals surface area contributed by atoms with Crippen LogP contribution in [-0.2, 0) is 4.74 Å². The van der Waals surface area contributed by atoms with Gasteiger partial charge in [-0.3, -0.25) is 0 Å². The van der Waals surface area contributed by atoms with Crippen molar-refractivity contribution in [1.29, 1.82) is 0 Å². The van der Waals surface area contributed by atoms with Gasteiger partial charge in [0.05, 0.1) is 0 Å². The minimum absolute atomic E-state index is 0.187. The van der Waals surface area contributed by atoms with Gasteiger partial charge in [0.1, 0.15) is 5.60 Å². The molecule has 0 aromatic heterocycles. The van der Waals surface area contributed by atoms with Gasteiger partial charge in [0.15, 0.2) is 0 Å². The summed E-state index contributed by atoms with van der Waals surface area (Å²) in [5.41, 5.74) is -0.432. The summed E-state index contributed by atoms with van der Waals surface area (Å²) in [6.45, 7) is 8.52. The standard InChI is InChI=1S/C18H34N2O3/c1-18(2,3)23-17(22)20-10-6-7-14(12-20)11-19-16-9-5-4-8-15(16)13-21/h14-16,19,21H,4-13H2,1-3H3. The van der Waals surface area contributed by atoms with Crippen LogP contribution < -0.4 is 5.32 Å². The number of amides is 1. The van der Waals surface area contributed by atoms with Gasteiger partial charge in [-0.1, -0.05) is 12.8 Å². The number of carbonyl (C=O) groups excluding carboxylic acids is 1. The summed E-state index contributed by atoms with van der Waals surface area (Å²) >= 11 is 0. The zero-order valence-corrected chi connectivity index (χ0v) is 15.0. The molecule has 1 aliphatic heterocycles. The van der Waals surface area contributed by atoms with Crippen molar-refractivity contribution in [2.24, 2.45) is 11.8 Å². The summed E-state index contributed by atoms with van der Waals surface area (Å²) in [4.78, 5) is 14.1. The second kappa shape index (κ2) is 8.34.